The summed E-state index contributed by atoms with van der Waals surface area (Å²) in [5.74, 6) is -0.506. The molecule has 1 aromatic heterocycles. The molecule has 0 unspecified atom stereocenters. The van der Waals surface area contributed by atoms with Crippen LogP contribution in [0.5, 0.6) is 0 Å². The number of nitrogen functional groups attached to an aromatic ring is 1. The van der Waals surface area contributed by atoms with Crippen LogP contribution in [0.3, 0.4) is 0 Å². The maximum atomic E-state index is 11.7. The largest absolute Gasteiger partial charge is 0.465 e. The van der Waals surface area contributed by atoms with E-state index in [1.807, 2.05) is 6.07 Å². The van der Waals surface area contributed by atoms with Gasteiger partial charge < -0.3 is 15.8 Å². The van der Waals surface area contributed by atoms with Crippen LogP contribution in [0.2, 0.25) is 0 Å². The second kappa shape index (κ2) is 4.50. The number of methoxy groups -OCH3 is 1. The van der Waals surface area contributed by atoms with Crippen molar-refractivity contribution in [1.29, 1.82) is 5.26 Å². The lowest BCUT2D eigenvalue weighted by Crippen LogP contribution is -2.14. The van der Waals surface area contributed by atoms with E-state index in [0.717, 1.165) is 6.54 Å². The topological polar surface area (TPSA) is 88.1 Å². The third-order valence-corrected chi connectivity index (χ3v) is 4.28. The molecule has 0 amide bonds. The lowest BCUT2D eigenvalue weighted by Gasteiger charge is -2.11. The summed E-state index contributed by atoms with van der Waals surface area (Å²) in [6.07, 6.45) is 2.36. The van der Waals surface area contributed by atoms with Crippen molar-refractivity contribution in [2.45, 2.75) is 19.8 Å². The first-order valence-electron chi connectivity index (χ1n) is 5.65. The average molecular weight is 265 g/mol. The number of ether oxygens (including phenoxy) is 1. The summed E-state index contributed by atoms with van der Waals surface area (Å²) in [6, 6.07) is 1.99. The molecule has 0 aromatic carbocycles. The van der Waals surface area contributed by atoms with Crippen LogP contribution in [0, 0.1) is 16.7 Å². The Morgan fingerprint density at radius 3 is 2.83 bits per heavy atom. The number of nitrogens with two attached hydrogens (primary N) is 1. The number of rotatable bonds is 4. The van der Waals surface area contributed by atoms with Gasteiger partial charge in [-0.05, 0) is 18.3 Å². The van der Waals surface area contributed by atoms with E-state index in [0.29, 0.717) is 15.3 Å². The van der Waals surface area contributed by atoms with E-state index >= 15 is 0 Å². The van der Waals surface area contributed by atoms with Crippen molar-refractivity contribution in [3.05, 3.63) is 10.4 Å². The summed E-state index contributed by atoms with van der Waals surface area (Å²) in [7, 11) is 1.30. The molecule has 0 bridgehead atoms. The molecule has 0 spiro atoms. The molecule has 3 N–H and O–H groups in total. The molecule has 1 aliphatic carbocycles. The Labute approximate surface area is 110 Å². The van der Waals surface area contributed by atoms with Crippen molar-refractivity contribution >= 4 is 28.0 Å². The van der Waals surface area contributed by atoms with Crippen LogP contribution in [-0.2, 0) is 4.74 Å². The third-order valence-electron chi connectivity index (χ3n) is 3.22. The quantitative estimate of drug-likeness (QED) is 0.815. The lowest BCUT2D eigenvalue weighted by atomic mass is 10.1. The predicted octanol–water partition coefficient (Wildman–Crippen LogP) is 2.20. The number of hydrogen-bond donors (Lipinski definition) is 2. The van der Waals surface area contributed by atoms with E-state index in [9.17, 15) is 4.79 Å². The van der Waals surface area contributed by atoms with Gasteiger partial charge in [-0.25, -0.2) is 4.79 Å². The van der Waals surface area contributed by atoms with Gasteiger partial charge in [0.2, 0.25) is 0 Å². The van der Waals surface area contributed by atoms with Crippen LogP contribution in [0.15, 0.2) is 0 Å². The number of carbonyl (C=O) groups excluding carboxylic acids is 1. The summed E-state index contributed by atoms with van der Waals surface area (Å²) < 4.78 is 4.70. The number of nitrogens with one attached hydrogen (secondary N) is 1. The second-order valence-corrected chi connectivity index (χ2v) is 5.84. The Bertz CT molecular complexity index is 526. The fraction of sp³-hybridized carbons (Fsp3) is 0.500. The maximum Gasteiger partial charge on any atom is 0.343 e. The molecule has 1 saturated carbocycles. The minimum Gasteiger partial charge on any atom is -0.465 e. The maximum absolute atomic E-state index is 11.7. The average Bonchev–Trinajstić information content (AvgIpc) is 3.00. The van der Waals surface area contributed by atoms with Gasteiger partial charge in [-0.2, -0.15) is 5.26 Å². The molecule has 6 heteroatoms. The van der Waals surface area contributed by atoms with Crippen LogP contribution >= 0.6 is 11.3 Å². The predicted molar refractivity (Wildman–Crippen MR) is 70.6 cm³/mol. The molecule has 18 heavy (non-hydrogen) atoms. The molecule has 1 aliphatic rings. The first-order chi connectivity index (χ1) is 8.50. The van der Waals surface area contributed by atoms with Gasteiger partial charge in [-0.15, -0.1) is 11.3 Å². The van der Waals surface area contributed by atoms with E-state index in [4.69, 9.17) is 15.7 Å². The van der Waals surface area contributed by atoms with E-state index < -0.39 is 5.97 Å². The highest BCUT2D eigenvalue weighted by Crippen LogP contribution is 2.46. The highest BCUT2D eigenvalue weighted by Gasteiger charge is 2.37. The Hall–Kier alpha value is -1.74. The van der Waals surface area contributed by atoms with Crippen LogP contribution in [0.4, 0.5) is 10.7 Å². The Balaban J connectivity index is 2.27. The summed E-state index contributed by atoms with van der Waals surface area (Å²) in [5.41, 5.74) is 6.58. The fourth-order valence-corrected chi connectivity index (χ4v) is 2.54. The van der Waals surface area contributed by atoms with Crippen LogP contribution in [-0.4, -0.2) is 19.6 Å². The molecule has 1 heterocycles. The first-order valence-corrected chi connectivity index (χ1v) is 6.47. The highest BCUT2D eigenvalue weighted by molar-refractivity contribution is 7.17. The Kier molecular flexibility index (Phi) is 3.18. The molecule has 0 atom stereocenters. The molecular formula is C12H15N3O2S. The summed E-state index contributed by atoms with van der Waals surface area (Å²) in [4.78, 5) is 12.0. The Morgan fingerprint density at radius 2 is 2.33 bits per heavy atom. The smallest absolute Gasteiger partial charge is 0.343 e. The van der Waals surface area contributed by atoms with Crippen molar-refractivity contribution in [1.82, 2.24) is 0 Å². The normalized spacial score (nSPS) is 15.8. The number of thiophene rings is 1. The summed E-state index contributed by atoms with van der Waals surface area (Å²) >= 11 is 1.20. The highest BCUT2D eigenvalue weighted by atomic mass is 32.1. The van der Waals surface area contributed by atoms with E-state index in [-0.39, 0.29) is 11.3 Å². The number of hydrogen-bond acceptors (Lipinski definition) is 6. The standard InChI is InChI=1S/C12H15N3O2S/c1-12(3-4-12)6-15-10-8(11(16)17-2)9(14)7(5-13)18-10/h15H,3-4,6,14H2,1-2H3. The van der Waals surface area contributed by atoms with Crippen molar-refractivity contribution in [2.24, 2.45) is 5.41 Å². The van der Waals surface area contributed by atoms with E-state index in [1.165, 1.54) is 31.3 Å². The van der Waals surface area contributed by atoms with Crippen molar-refractivity contribution in [3.8, 4) is 6.07 Å². The van der Waals surface area contributed by atoms with Gasteiger partial charge in [0, 0.05) is 6.54 Å². The van der Waals surface area contributed by atoms with Crippen molar-refractivity contribution in [2.75, 3.05) is 24.7 Å². The van der Waals surface area contributed by atoms with Crippen LogP contribution in [0.1, 0.15) is 35.0 Å². The van der Waals surface area contributed by atoms with E-state index in [2.05, 4.69) is 12.2 Å². The number of nitriles is 1. The number of esters is 1. The van der Waals surface area contributed by atoms with Gasteiger partial charge in [-0.3, -0.25) is 0 Å². The van der Waals surface area contributed by atoms with Crippen molar-refractivity contribution < 1.29 is 9.53 Å². The van der Waals surface area contributed by atoms with Crippen molar-refractivity contribution in [3.63, 3.8) is 0 Å². The number of carbonyl (C=O) groups is 1. The van der Waals surface area contributed by atoms with Crippen LogP contribution < -0.4 is 11.1 Å². The Morgan fingerprint density at radius 1 is 1.67 bits per heavy atom. The van der Waals surface area contributed by atoms with Gasteiger partial charge in [0.1, 0.15) is 21.5 Å². The molecule has 5 nitrogen and oxygen atoms in total. The molecule has 1 fully saturated rings. The van der Waals surface area contributed by atoms with Gasteiger partial charge in [0.05, 0.1) is 12.8 Å². The molecule has 0 saturated heterocycles. The monoisotopic (exact) mass is 265 g/mol. The van der Waals surface area contributed by atoms with Gasteiger partial charge in [0.15, 0.2) is 0 Å². The second-order valence-electron chi connectivity index (χ2n) is 4.82. The summed E-state index contributed by atoms with van der Waals surface area (Å²) in [6.45, 7) is 2.96. The molecule has 1 aromatic rings. The SMILES string of the molecule is COC(=O)c1c(NCC2(C)CC2)sc(C#N)c1N. The fourth-order valence-electron chi connectivity index (χ4n) is 1.64. The molecular weight excluding hydrogens is 250 g/mol. The van der Waals surface area contributed by atoms with Gasteiger partial charge in [0.25, 0.3) is 0 Å². The summed E-state index contributed by atoms with van der Waals surface area (Å²) in [5, 5.41) is 12.8. The van der Waals surface area contributed by atoms with Crippen LogP contribution in [0.25, 0.3) is 0 Å². The number of anilines is 2. The minimum absolute atomic E-state index is 0.206. The zero-order valence-electron chi connectivity index (χ0n) is 10.4. The van der Waals surface area contributed by atoms with Gasteiger partial charge >= 0.3 is 5.97 Å². The molecule has 0 radical (unpaired) electrons. The zero-order valence-corrected chi connectivity index (χ0v) is 11.2. The zero-order chi connectivity index (χ0) is 13.3. The van der Waals surface area contributed by atoms with Gasteiger partial charge in [-0.1, -0.05) is 6.92 Å². The third kappa shape index (κ3) is 2.27. The molecule has 2 rings (SSSR count). The van der Waals surface area contributed by atoms with E-state index in [1.54, 1.807) is 0 Å². The number of nitrogens with zero attached hydrogens (tertiary/aromatic N) is 1. The molecule has 96 valence electrons. The first kappa shape index (κ1) is 12.7. The molecule has 0 aliphatic heterocycles. The lowest BCUT2D eigenvalue weighted by molar-refractivity contribution is 0.0603. The minimum atomic E-state index is -0.506.